The molecule has 4 nitrogen and oxygen atoms in total. The fraction of sp³-hybridized carbons (Fsp3) is 0. The average molecular weight is 687 g/mol. The number of para-hydroxylation sites is 3. The summed E-state index contributed by atoms with van der Waals surface area (Å²) in [5.74, 6) is 0. The SMILES string of the molecule is c1ccc(-n2c3ccccc3c3cc(-c4ccc5c(c4)c4cc(-c6ncc7c8c(cccc68)-c6cccnc6-7)ccc4n5-c4ccccc4)ccc32)cc1. The Labute approximate surface area is 310 Å². The first kappa shape index (κ1) is 29.3. The van der Waals surface area contributed by atoms with Crippen molar-refractivity contribution in [2.75, 3.05) is 0 Å². The van der Waals surface area contributed by atoms with Gasteiger partial charge in [0, 0.05) is 72.8 Å². The van der Waals surface area contributed by atoms with Gasteiger partial charge in [0.1, 0.15) is 0 Å². The first-order valence-corrected chi connectivity index (χ1v) is 18.4. The molecule has 0 N–H and O–H groups in total. The van der Waals surface area contributed by atoms with Crippen LogP contribution in [0.1, 0.15) is 0 Å². The molecular formula is C50H30N4. The van der Waals surface area contributed by atoms with Gasteiger partial charge in [-0.25, -0.2) is 0 Å². The summed E-state index contributed by atoms with van der Waals surface area (Å²) >= 11 is 0. The molecule has 1 aliphatic carbocycles. The van der Waals surface area contributed by atoms with Gasteiger partial charge in [-0.15, -0.1) is 0 Å². The molecule has 250 valence electrons. The van der Waals surface area contributed by atoms with Gasteiger partial charge in [-0.2, -0.15) is 0 Å². The zero-order valence-corrected chi connectivity index (χ0v) is 29.1. The molecule has 0 unspecified atom stereocenters. The molecule has 11 aromatic rings. The maximum absolute atomic E-state index is 5.13. The summed E-state index contributed by atoms with van der Waals surface area (Å²) in [6, 6.07) is 61.5. The van der Waals surface area contributed by atoms with Crippen LogP contribution in [0.4, 0.5) is 0 Å². The number of hydrogen-bond donors (Lipinski definition) is 0. The second-order valence-corrected chi connectivity index (χ2v) is 14.2. The largest absolute Gasteiger partial charge is 0.309 e. The van der Waals surface area contributed by atoms with Gasteiger partial charge in [-0.3, -0.25) is 9.97 Å². The van der Waals surface area contributed by atoms with E-state index in [4.69, 9.17) is 9.97 Å². The normalized spacial score (nSPS) is 12.1. The molecule has 0 atom stereocenters. The Morgan fingerprint density at radius 3 is 1.56 bits per heavy atom. The van der Waals surface area contributed by atoms with Crippen molar-refractivity contribution in [3.05, 3.63) is 182 Å². The van der Waals surface area contributed by atoms with Gasteiger partial charge in [0.25, 0.3) is 0 Å². The Kier molecular flexibility index (Phi) is 6.02. The molecular weight excluding hydrogens is 657 g/mol. The van der Waals surface area contributed by atoms with Crippen molar-refractivity contribution < 1.29 is 0 Å². The first-order chi connectivity index (χ1) is 26.8. The summed E-state index contributed by atoms with van der Waals surface area (Å²) in [6.07, 6.45) is 3.89. The van der Waals surface area contributed by atoms with Crippen LogP contribution in [0.5, 0.6) is 0 Å². The van der Waals surface area contributed by atoms with Gasteiger partial charge in [0.2, 0.25) is 0 Å². The van der Waals surface area contributed by atoms with Gasteiger partial charge in [-0.05, 0) is 89.5 Å². The smallest absolute Gasteiger partial charge is 0.0802 e. The Morgan fingerprint density at radius 1 is 0.333 bits per heavy atom. The summed E-state index contributed by atoms with van der Waals surface area (Å²) in [7, 11) is 0. The van der Waals surface area contributed by atoms with Crippen molar-refractivity contribution in [1.29, 1.82) is 0 Å². The minimum absolute atomic E-state index is 0.988. The van der Waals surface area contributed by atoms with E-state index in [9.17, 15) is 0 Å². The molecule has 0 aliphatic heterocycles. The van der Waals surface area contributed by atoms with Crippen LogP contribution in [0.3, 0.4) is 0 Å². The molecule has 12 rings (SSSR count). The number of pyridine rings is 2. The monoisotopic (exact) mass is 686 g/mol. The fourth-order valence-electron chi connectivity index (χ4n) is 8.99. The number of nitrogens with zero attached hydrogens (tertiary/aromatic N) is 4. The maximum atomic E-state index is 5.13. The second kappa shape index (κ2) is 11.1. The van der Waals surface area contributed by atoms with Crippen LogP contribution < -0.4 is 0 Å². The summed E-state index contributed by atoms with van der Waals surface area (Å²) in [5, 5.41) is 7.29. The number of benzene rings is 7. The highest BCUT2D eigenvalue weighted by molar-refractivity contribution is 6.18. The van der Waals surface area contributed by atoms with Crippen molar-refractivity contribution in [2.45, 2.75) is 0 Å². The zero-order chi connectivity index (χ0) is 35.3. The molecule has 54 heavy (non-hydrogen) atoms. The van der Waals surface area contributed by atoms with Crippen molar-refractivity contribution in [1.82, 2.24) is 19.1 Å². The summed E-state index contributed by atoms with van der Waals surface area (Å²) in [6.45, 7) is 0. The van der Waals surface area contributed by atoms with E-state index >= 15 is 0 Å². The van der Waals surface area contributed by atoms with E-state index in [0.717, 1.165) is 33.6 Å². The third kappa shape index (κ3) is 4.08. The molecule has 4 aromatic heterocycles. The standard InChI is InChI=1S/C50H30N4/c1-3-11-34(12-4-1)53-44-19-8-7-15-36(44)40-27-31(20-23-45(40)53)32-21-24-46-41(28-32)42-29-33(22-25-47(42)54(46)35-13-5-2-6-14-35)49-39-17-9-16-37-38-18-10-26-51-50(38)43(30-52-49)48(37)39/h1-30H. The molecule has 0 saturated heterocycles. The third-order valence-electron chi connectivity index (χ3n) is 11.3. The Hall–Kier alpha value is -7.30. The van der Waals surface area contributed by atoms with Crippen molar-refractivity contribution in [2.24, 2.45) is 0 Å². The lowest BCUT2D eigenvalue weighted by Gasteiger charge is -2.10. The van der Waals surface area contributed by atoms with E-state index in [-0.39, 0.29) is 0 Å². The number of aromatic nitrogens is 4. The molecule has 4 heteroatoms. The minimum Gasteiger partial charge on any atom is -0.309 e. The van der Waals surface area contributed by atoms with Crippen LogP contribution in [0.25, 0.3) is 111 Å². The molecule has 0 saturated carbocycles. The lowest BCUT2D eigenvalue weighted by molar-refractivity contribution is 1.18. The highest BCUT2D eigenvalue weighted by Gasteiger charge is 2.25. The quantitative estimate of drug-likeness (QED) is 0.185. The second-order valence-electron chi connectivity index (χ2n) is 14.2. The van der Waals surface area contributed by atoms with Gasteiger partial charge < -0.3 is 9.13 Å². The Balaban J connectivity index is 1.08. The van der Waals surface area contributed by atoms with Gasteiger partial charge in [0.15, 0.2) is 0 Å². The number of hydrogen-bond acceptors (Lipinski definition) is 2. The molecule has 0 radical (unpaired) electrons. The highest BCUT2D eigenvalue weighted by Crippen LogP contribution is 2.48. The molecule has 4 heterocycles. The van der Waals surface area contributed by atoms with Crippen LogP contribution in [0, 0.1) is 0 Å². The number of fused-ring (bicyclic) bond motifs is 9. The Bertz CT molecular complexity index is 3290. The number of rotatable bonds is 4. The predicted molar refractivity (Wildman–Crippen MR) is 224 cm³/mol. The summed E-state index contributed by atoms with van der Waals surface area (Å²) in [4.78, 5) is 9.87. The molecule has 0 amide bonds. The molecule has 0 fully saturated rings. The van der Waals surface area contributed by atoms with Crippen LogP contribution in [0.2, 0.25) is 0 Å². The van der Waals surface area contributed by atoms with Crippen LogP contribution in [0.15, 0.2) is 182 Å². The van der Waals surface area contributed by atoms with Gasteiger partial charge in [0.05, 0.1) is 33.5 Å². The fourth-order valence-corrected chi connectivity index (χ4v) is 8.99. The zero-order valence-electron chi connectivity index (χ0n) is 29.1. The highest BCUT2D eigenvalue weighted by atomic mass is 15.0. The Morgan fingerprint density at radius 2 is 0.870 bits per heavy atom. The van der Waals surface area contributed by atoms with E-state index in [1.807, 2.05) is 18.5 Å². The van der Waals surface area contributed by atoms with Crippen LogP contribution >= 0.6 is 0 Å². The lowest BCUT2D eigenvalue weighted by atomic mass is 9.97. The molecule has 1 aliphatic rings. The molecule has 0 spiro atoms. The van der Waals surface area contributed by atoms with Crippen molar-refractivity contribution >= 4 is 54.4 Å². The maximum Gasteiger partial charge on any atom is 0.0802 e. The average Bonchev–Trinajstić information content (AvgIpc) is 3.87. The van der Waals surface area contributed by atoms with Crippen molar-refractivity contribution in [3.8, 4) is 56.1 Å². The lowest BCUT2D eigenvalue weighted by Crippen LogP contribution is -1.93. The molecule has 7 aromatic carbocycles. The van der Waals surface area contributed by atoms with E-state index in [1.54, 1.807) is 0 Å². The minimum atomic E-state index is 0.988. The van der Waals surface area contributed by atoms with Crippen LogP contribution in [-0.2, 0) is 0 Å². The van der Waals surface area contributed by atoms with E-state index in [0.29, 0.717) is 0 Å². The predicted octanol–water partition coefficient (Wildman–Crippen LogP) is 12.8. The molecule has 0 bridgehead atoms. The first-order valence-electron chi connectivity index (χ1n) is 18.4. The van der Waals surface area contributed by atoms with Gasteiger partial charge >= 0.3 is 0 Å². The summed E-state index contributed by atoms with van der Waals surface area (Å²) in [5.41, 5.74) is 16.1. The third-order valence-corrected chi connectivity index (χ3v) is 11.3. The van der Waals surface area contributed by atoms with E-state index < -0.39 is 0 Å². The van der Waals surface area contributed by atoms with E-state index in [2.05, 4.69) is 173 Å². The summed E-state index contributed by atoms with van der Waals surface area (Å²) < 4.78 is 4.76. The van der Waals surface area contributed by atoms with Gasteiger partial charge in [-0.1, -0.05) is 97.1 Å². The van der Waals surface area contributed by atoms with E-state index in [1.165, 1.54) is 76.9 Å². The topological polar surface area (TPSA) is 35.6 Å². The van der Waals surface area contributed by atoms with Crippen LogP contribution in [-0.4, -0.2) is 19.1 Å². The van der Waals surface area contributed by atoms with Crippen molar-refractivity contribution in [3.63, 3.8) is 0 Å².